The standard InChI is InChI=1S/C23H20N6O/c1-13-8-9-18-16(10-13)21(30)19(15-6-4-3-5-7-15)20(29-18)14(2)28-23-17(11-24)22(25)26-12-27-23/h3-10,12,14,19H,1-2H3,(H3,25,26,27,28). The van der Waals surface area contributed by atoms with E-state index in [1.54, 1.807) is 0 Å². The fourth-order valence-corrected chi connectivity index (χ4v) is 3.65. The minimum Gasteiger partial charge on any atom is -0.382 e. The number of anilines is 2. The highest BCUT2D eigenvalue weighted by Crippen LogP contribution is 2.36. The molecule has 7 heteroatoms. The van der Waals surface area contributed by atoms with Gasteiger partial charge in [0, 0.05) is 5.56 Å². The van der Waals surface area contributed by atoms with Crippen LogP contribution in [-0.2, 0) is 0 Å². The summed E-state index contributed by atoms with van der Waals surface area (Å²) < 4.78 is 0. The number of nitrogens with zero attached hydrogens (tertiary/aromatic N) is 4. The molecule has 0 aliphatic carbocycles. The van der Waals surface area contributed by atoms with Crippen LogP contribution >= 0.6 is 0 Å². The van der Waals surface area contributed by atoms with Crippen molar-refractivity contribution < 1.29 is 4.79 Å². The van der Waals surface area contributed by atoms with Crippen LogP contribution in [0.15, 0.2) is 59.9 Å². The molecule has 0 bridgehead atoms. The molecule has 2 atom stereocenters. The van der Waals surface area contributed by atoms with E-state index in [1.807, 2.05) is 68.4 Å². The second-order valence-electron chi connectivity index (χ2n) is 7.23. The molecule has 1 aliphatic rings. The second-order valence-corrected chi connectivity index (χ2v) is 7.23. The van der Waals surface area contributed by atoms with Crippen molar-refractivity contribution in [2.24, 2.45) is 4.99 Å². The number of ketones is 1. The molecule has 30 heavy (non-hydrogen) atoms. The largest absolute Gasteiger partial charge is 0.382 e. The summed E-state index contributed by atoms with van der Waals surface area (Å²) in [6.45, 7) is 3.85. The molecule has 0 saturated carbocycles. The predicted octanol–water partition coefficient (Wildman–Crippen LogP) is 3.79. The van der Waals surface area contributed by atoms with Gasteiger partial charge in [-0.2, -0.15) is 5.26 Å². The van der Waals surface area contributed by atoms with Gasteiger partial charge in [0.2, 0.25) is 0 Å². The molecule has 7 nitrogen and oxygen atoms in total. The third-order valence-corrected chi connectivity index (χ3v) is 5.14. The van der Waals surface area contributed by atoms with Crippen molar-refractivity contribution in [3.05, 3.63) is 77.1 Å². The molecule has 2 unspecified atom stereocenters. The molecule has 2 aromatic carbocycles. The molecule has 1 aliphatic heterocycles. The summed E-state index contributed by atoms with van der Waals surface area (Å²) in [6.07, 6.45) is 1.30. The Kier molecular flexibility index (Phi) is 4.98. The van der Waals surface area contributed by atoms with Crippen LogP contribution in [0.25, 0.3) is 0 Å². The number of hydrogen-bond acceptors (Lipinski definition) is 7. The number of aliphatic imine (C=N–C) groups is 1. The first kappa shape index (κ1) is 19.3. The van der Waals surface area contributed by atoms with Gasteiger partial charge in [-0.05, 0) is 31.5 Å². The molecule has 148 valence electrons. The maximum absolute atomic E-state index is 13.5. The van der Waals surface area contributed by atoms with E-state index in [-0.39, 0.29) is 23.2 Å². The fourth-order valence-electron chi connectivity index (χ4n) is 3.65. The van der Waals surface area contributed by atoms with Crippen molar-refractivity contribution in [1.29, 1.82) is 5.26 Å². The number of nitrogens with one attached hydrogen (secondary N) is 1. The highest BCUT2D eigenvalue weighted by atomic mass is 16.1. The molecule has 2 heterocycles. The van der Waals surface area contributed by atoms with E-state index in [2.05, 4.69) is 15.3 Å². The van der Waals surface area contributed by atoms with Crippen LogP contribution in [0.2, 0.25) is 0 Å². The fraction of sp³-hybridized carbons (Fsp3) is 0.174. The van der Waals surface area contributed by atoms with Crippen molar-refractivity contribution in [2.75, 3.05) is 11.1 Å². The van der Waals surface area contributed by atoms with Gasteiger partial charge in [-0.15, -0.1) is 0 Å². The van der Waals surface area contributed by atoms with Crippen molar-refractivity contribution in [1.82, 2.24) is 9.97 Å². The molecule has 1 aromatic heterocycles. The Labute approximate surface area is 174 Å². The van der Waals surface area contributed by atoms with Crippen LogP contribution in [0.3, 0.4) is 0 Å². The molecule has 0 spiro atoms. The molecular formula is C23H20N6O. The van der Waals surface area contributed by atoms with E-state index in [1.165, 1.54) is 6.33 Å². The summed E-state index contributed by atoms with van der Waals surface area (Å²) in [6, 6.07) is 16.9. The van der Waals surface area contributed by atoms with Crippen LogP contribution in [0.4, 0.5) is 17.3 Å². The minimum atomic E-state index is -0.535. The number of aromatic nitrogens is 2. The van der Waals surface area contributed by atoms with Gasteiger partial charge in [0.1, 0.15) is 29.6 Å². The zero-order valence-electron chi connectivity index (χ0n) is 16.6. The van der Waals surface area contributed by atoms with Gasteiger partial charge in [-0.3, -0.25) is 9.79 Å². The number of rotatable bonds is 4. The van der Waals surface area contributed by atoms with Crippen LogP contribution in [-0.4, -0.2) is 27.5 Å². The quantitative estimate of drug-likeness (QED) is 0.693. The first-order valence-corrected chi connectivity index (χ1v) is 9.55. The first-order valence-electron chi connectivity index (χ1n) is 9.55. The first-order chi connectivity index (χ1) is 14.5. The summed E-state index contributed by atoms with van der Waals surface area (Å²) in [5.74, 6) is -0.118. The topological polar surface area (TPSA) is 117 Å². The predicted molar refractivity (Wildman–Crippen MR) is 116 cm³/mol. The molecule has 0 radical (unpaired) electrons. The highest BCUT2D eigenvalue weighted by Gasteiger charge is 2.35. The summed E-state index contributed by atoms with van der Waals surface area (Å²) in [4.78, 5) is 26.4. The van der Waals surface area contributed by atoms with Crippen LogP contribution in [0.1, 0.15) is 39.9 Å². The Bertz CT molecular complexity index is 1200. The molecule has 3 N–H and O–H groups in total. The van der Waals surface area contributed by atoms with Crippen molar-refractivity contribution in [3.8, 4) is 6.07 Å². The Morgan fingerprint density at radius 1 is 1.17 bits per heavy atom. The summed E-state index contributed by atoms with van der Waals surface area (Å²) in [5.41, 5.74) is 9.76. The summed E-state index contributed by atoms with van der Waals surface area (Å²) >= 11 is 0. The Hall–Kier alpha value is -4.05. The number of Topliss-reactive ketones (excluding diaryl/α,β-unsaturated/α-hetero) is 1. The molecule has 3 aromatic rings. The monoisotopic (exact) mass is 396 g/mol. The van der Waals surface area contributed by atoms with Crippen LogP contribution < -0.4 is 11.1 Å². The van der Waals surface area contributed by atoms with Gasteiger partial charge in [-0.1, -0.05) is 42.0 Å². The summed E-state index contributed by atoms with van der Waals surface area (Å²) in [7, 11) is 0. The van der Waals surface area contributed by atoms with Gasteiger partial charge in [0.25, 0.3) is 0 Å². The Morgan fingerprint density at radius 2 is 1.93 bits per heavy atom. The Balaban J connectivity index is 1.80. The lowest BCUT2D eigenvalue weighted by Crippen LogP contribution is -2.37. The number of nitrogen functional groups attached to an aromatic ring is 1. The van der Waals surface area contributed by atoms with Gasteiger partial charge in [0.05, 0.1) is 23.4 Å². The zero-order valence-corrected chi connectivity index (χ0v) is 16.6. The van der Waals surface area contributed by atoms with E-state index in [4.69, 9.17) is 10.7 Å². The number of fused-ring (bicyclic) bond motifs is 1. The Morgan fingerprint density at radius 3 is 2.67 bits per heavy atom. The smallest absolute Gasteiger partial charge is 0.178 e. The normalized spacial score (nSPS) is 16.2. The number of nitriles is 1. The molecule has 0 amide bonds. The highest BCUT2D eigenvalue weighted by molar-refractivity contribution is 6.23. The lowest BCUT2D eigenvalue weighted by atomic mass is 9.81. The van der Waals surface area contributed by atoms with Crippen LogP contribution in [0.5, 0.6) is 0 Å². The van der Waals surface area contributed by atoms with Crippen molar-refractivity contribution in [2.45, 2.75) is 25.8 Å². The van der Waals surface area contributed by atoms with E-state index in [0.717, 1.165) is 11.1 Å². The average Bonchev–Trinajstić information content (AvgIpc) is 2.75. The summed E-state index contributed by atoms with van der Waals surface area (Å²) in [5, 5.41) is 12.6. The number of nitrogens with two attached hydrogens (primary N) is 1. The van der Waals surface area contributed by atoms with Gasteiger partial charge >= 0.3 is 0 Å². The third-order valence-electron chi connectivity index (χ3n) is 5.14. The molecule has 0 saturated heterocycles. The molecular weight excluding hydrogens is 376 g/mol. The average molecular weight is 396 g/mol. The zero-order chi connectivity index (χ0) is 21.3. The van der Waals surface area contributed by atoms with E-state index >= 15 is 0 Å². The molecule has 0 fully saturated rings. The minimum absolute atomic E-state index is 0.00116. The lowest BCUT2D eigenvalue weighted by Gasteiger charge is -2.29. The van der Waals surface area contributed by atoms with Crippen LogP contribution in [0, 0.1) is 18.3 Å². The van der Waals surface area contributed by atoms with Gasteiger partial charge in [0.15, 0.2) is 5.78 Å². The number of carbonyl (C=O) groups excluding carboxylic acids is 1. The maximum atomic E-state index is 13.5. The van der Waals surface area contributed by atoms with Gasteiger partial charge in [-0.25, -0.2) is 9.97 Å². The number of benzene rings is 2. The molecule has 4 rings (SSSR count). The van der Waals surface area contributed by atoms with E-state index in [0.29, 0.717) is 22.8 Å². The maximum Gasteiger partial charge on any atom is 0.178 e. The van der Waals surface area contributed by atoms with Crippen molar-refractivity contribution in [3.63, 3.8) is 0 Å². The number of aryl methyl sites for hydroxylation is 1. The second kappa shape index (κ2) is 7.76. The SMILES string of the molecule is Cc1ccc2c(c1)C(=O)C(c1ccccc1)C(C(C)Nc1ncnc(N)c1C#N)=N2. The van der Waals surface area contributed by atoms with Gasteiger partial charge < -0.3 is 11.1 Å². The van der Waals surface area contributed by atoms with E-state index in [9.17, 15) is 10.1 Å². The lowest BCUT2D eigenvalue weighted by molar-refractivity contribution is 0.0980. The number of carbonyl (C=O) groups is 1. The number of hydrogen-bond donors (Lipinski definition) is 2. The van der Waals surface area contributed by atoms with E-state index < -0.39 is 5.92 Å². The van der Waals surface area contributed by atoms with Crippen molar-refractivity contribution >= 4 is 28.8 Å². The third kappa shape index (κ3) is 3.40.